The fraction of sp³-hybridized carbons (Fsp3) is 0.909. The molecule has 0 saturated carbocycles. The second kappa shape index (κ2) is 4.22. The fourth-order valence-electron chi connectivity index (χ4n) is 2.81. The van der Waals surface area contributed by atoms with Crippen LogP contribution in [0, 0.1) is 0 Å². The number of urea groups is 1. The van der Waals surface area contributed by atoms with Gasteiger partial charge in [0.25, 0.3) is 0 Å². The van der Waals surface area contributed by atoms with Crippen LogP contribution in [0.1, 0.15) is 19.3 Å². The molecule has 2 bridgehead atoms. The summed E-state index contributed by atoms with van der Waals surface area (Å²) in [7, 11) is 0. The number of hydrogen-bond donors (Lipinski definition) is 1. The van der Waals surface area contributed by atoms with Gasteiger partial charge in [0, 0.05) is 13.1 Å². The summed E-state index contributed by atoms with van der Waals surface area (Å²) in [6, 6.07) is 0.276. The first-order chi connectivity index (χ1) is 7.83. The number of rotatable bonds is 1. The van der Waals surface area contributed by atoms with Gasteiger partial charge in [-0.1, -0.05) is 0 Å². The fourth-order valence-corrected chi connectivity index (χ4v) is 2.81. The summed E-state index contributed by atoms with van der Waals surface area (Å²) in [4.78, 5) is 13.8. The molecule has 16 heavy (non-hydrogen) atoms. The molecule has 3 aliphatic rings. The third kappa shape index (κ3) is 1.89. The Bertz CT molecular complexity index is 278. The molecule has 0 spiro atoms. The van der Waals surface area contributed by atoms with E-state index < -0.39 is 0 Å². The number of nitrogens with one attached hydrogen (secondary N) is 1. The Balaban J connectivity index is 1.52. The average molecular weight is 226 g/mol. The molecule has 0 aromatic heterocycles. The van der Waals surface area contributed by atoms with E-state index in [0.717, 1.165) is 19.3 Å². The van der Waals surface area contributed by atoms with E-state index in [9.17, 15) is 4.79 Å². The standard InChI is InChI=1S/C11H18N2O3/c14-11(13-3-5-15-6-4-13)12-9-7-8-1-2-10(9)16-8/h8-10H,1-7H2,(H,12,14). The highest BCUT2D eigenvalue weighted by Gasteiger charge is 2.41. The van der Waals surface area contributed by atoms with Gasteiger partial charge in [0.05, 0.1) is 31.5 Å². The molecule has 0 aromatic carbocycles. The van der Waals surface area contributed by atoms with E-state index in [1.165, 1.54) is 0 Å². The highest BCUT2D eigenvalue weighted by Crippen LogP contribution is 2.34. The lowest BCUT2D eigenvalue weighted by Crippen LogP contribution is -2.51. The molecule has 0 aliphatic carbocycles. The van der Waals surface area contributed by atoms with Crippen LogP contribution in [0.15, 0.2) is 0 Å². The highest BCUT2D eigenvalue weighted by atomic mass is 16.5. The van der Waals surface area contributed by atoms with E-state index in [1.54, 1.807) is 0 Å². The van der Waals surface area contributed by atoms with Crippen molar-refractivity contribution in [1.29, 1.82) is 0 Å². The van der Waals surface area contributed by atoms with E-state index >= 15 is 0 Å². The van der Waals surface area contributed by atoms with Crippen molar-refractivity contribution in [2.75, 3.05) is 26.3 Å². The van der Waals surface area contributed by atoms with Crippen LogP contribution >= 0.6 is 0 Å². The largest absolute Gasteiger partial charge is 0.378 e. The van der Waals surface area contributed by atoms with Gasteiger partial charge in [0.2, 0.25) is 0 Å². The SMILES string of the molecule is O=C(NC1CC2CCC1O2)N1CCOCC1. The number of hydrogen-bond acceptors (Lipinski definition) is 3. The Kier molecular flexibility index (Phi) is 2.73. The lowest BCUT2D eigenvalue weighted by atomic mass is 9.96. The van der Waals surface area contributed by atoms with Gasteiger partial charge in [0.15, 0.2) is 0 Å². The van der Waals surface area contributed by atoms with E-state index in [4.69, 9.17) is 9.47 Å². The molecule has 5 heteroatoms. The highest BCUT2D eigenvalue weighted by molar-refractivity contribution is 5.74. The van der Waals surface area contributed by atoms with E-state index in [0.29, 0.717) is 32.4 Å². The Labute approximate surface area is 95.1 Å². The van der Waals surface area contributed by atoms with Crippen molar-refractivity contribution in [2.45, 2.75) is 37.5 Å². The molecule has 3 rings (SSSR count). The van der Waals surface area contributed by atoms with Crippen molar-refractivity contribution in [3.8, 4) is 0 Å². The zero-order chi connectivity index (χ0) is 11.0. The second-order valence-corrected chi connectivity index (χ2v) is 4.76. The summed E-state index contributed by atoms with van der Waals surface area (Å²) in [6.07, 6.45) is 3.89. The third-order valence-electron chi connectivity index (χ3n) is 3.71. The minimum Gasteiger partial charge on any atom is -0.378 e. The summed E-state index contributed by atoms with van der Waals surface area (Å²) in [5.41, 5.74) is 0. The van der Waals surface area contributed by atoms with Crippen molar-refractivity contribution in [1.82, 2.24) is 10.2 Å². The van der Waals surface area contributed by atoms with Gasteiger partial charge in [0.1, 0.15) is 0 Å². The van der Waals surface area contributed by atoms with Crippen molar-refractivity contribution in [3.05, 3.63) is 0 Å². The zero-order valence-corrected chi connectivity index (χ0v) is 9.35. The summed E-state index contributed by atoms with van der Waals surface area (Å²) in [5.74, 6) is 0. The van der Waals surface area contributed by atoms with Gasteiger partial charge >= 0.3 is 6.03 Å². The van der Waals surface area contributed by atoms with Crippen molar-refractivity contribution < 1.29 is 14.3 Å². The van der Waals surface area contributed by atoms with Crippen LogP contribution in [0.25, 0.3) is 0 Å². The van der Waals surface area contributed by atoms with E-state index in [-0.39, 0.29) is 18.2 Å². The molecule has 3 unspecified atom stereocenters. The topological polar surface area (TPSA) is 50.8 Å². The molecular formula is C11H18N2O3. The average Bonchev–Trinajstić information content (AvgIpc) is 2.92. The van der Waals surface area contributed by atoms with E-state index in [1.807, 2.05) is 4.90 Å². The Hall–Kier alpha value is -0.810. The number of ether oxygens (including phenoxy) is 2. The number of carbonyl (C=O) groups excluding carboxylic acids is 1. The first-order valence-corrected chi connectivity index (χ1v) is 6.11. The lowest BCUT2D eigenvalue weighted by Gasteiger charge is -2.29. The molecule has 3 aliphatic heterocycles. The Morgan fingerprint density at radius 2 is 2.06 bits per heavy atom. The molecule has 0 radical (unpaired) electrons. The first-order valence-electron chi connectivity index (χ1n) is 6.11. The molecule has 3 atom stereocenters. The number of amides is 2. The van der Waals surface area contributed by atoms with E-state index in [2.05, 4.69) is 5.32 Å². The predicted molar refractivity (Wildman–Crippen MR) is 57.2 cm³/mol. The smallest absolute Gasteiger partial charge is 0.317 e. The van der Waals surface area contributed by atoms with Crippen molar-refractivity contribution in [2.24, 2.45) is 0 Å². The summed E-state index contributed by atoms with van der Waals surface area (Å²) < 4.78 is 10.9. The number of fused-ring (bicyclic) bond motifs is 2. The maximum Gasteiger partial charge on any atom is 0.317 e. The van der Waals surface area contributed by atoms with Crippen molar-refractivity contribution in [3.63, 3.8) is 0 Å². The number of morpholine rings is 1. The number of nitrogens with zero attached hydrogens (tertiary/aromatic N) is 1. The van der Waals surface area contributed by atoms with Gasteiger partial charge in [-0.15, -0.1) is 0 Å². The maximum absolute atomic E-state index is 11.9. The number of carbonyl (C=O) groups is 1. The molecule has 90 valence electrons. The Morgan fingerprint density at radius 1 is 1.25 bits per heavy atom. The molecule has 3 heterocycles. The molecule has 3 fully saturated rings. The van der Waals surface area contributed by atoms with Gasteiger partial charge in [-0.25, -0.2) is 4.79 Å². The van der Waals surface area contributed by atoms with Gasteiger partial charge in [-0.3, -0.25) is 0 Å². The molecule has 3 saturated heterocycles. The maximum atomic E-state index is 11.9. The second-order valence-electron chi connectivity index (χ2n) is 4.76. The summed E-state index contributed by atoms with van der Waals surface area (Å²) in [5, 5.41) is 3.09. The molecule has 1 N–H and O–H groups in total. The normalized spacial score (nSPS) is 37.8. The van der Waals surface area contributed by atoms with Gasteiger partial charge in [-0.05, 0) is 19.3 Å². The van der Waals surface area contributed by atoms with Crippen LogP contribution in [0.4, 0.5) is 4.79 Å². The zero-order valence-electron chi connectivity index (χ0n) is 9.35. The first kappa shape index (κ1) is 10.4. The van der Waals surface area contributed by atoms with Crippen LogP contribution in [-0.4, -0.2) is 55.5 Å². The molecule has 5 nitrogen and oxygen atoms in total. The molecule has 0 aromatic rings. The van der Waals surface area contributed by atoms with Crippen molar-refractivity contribution >= 4 is 6.03 Å². The van der Waals surface area contributed by atoms with Gasteiger partial charge in [-0.2, -0.15) is 0 Å². The van der Waals surface area contributed by atoms with Crippen LogP contribution in [0.5, 0.6) is 0 Å². The van der Waals surface area contributed by atoms with Crippen LogP contribution < -0.4 is 5.32 Å². The third-order valence-corrected chi connectivity index (χ3v) is 3.71. The quantitative estimate of drug-likeness (QED) is 0.702. The predicted octanol–water partition coefficient (Wildman–Crippen LogP) is 0.348. The minimum atomic E-state index is 0.0458. The monoisotopic (exact) mass is 226 g/mol. The Morgan fingerprint density at radius 3 is 2.69 bits per heavy atom. The lowest BCUT2D eigenvalue weighted by molar-refractivity contribution is 0.0510. The summed E-state index contributed by atoms with van der Waals surface area (Å²) >= 11 is 0. The van der Waals surface area contributed by atoms with Crippen LogP contribution in [0.3, 0.4) is 0 Å². The summed E-state index contributed by atoms with van der Waals surface area (Å²) in [6.45, 7) is 2.71. The van der Waals surface area contributed by atoms with Crippen LogP contribution in [0.2, 0.25) is 0 Å². The van der Waals surface area contributed by atoms with Crippen LogP contribution in [-0.2, 0) is 9.47 Å². The minimum absolute atomic E-state index is 0.0458. The molecular weight excluding hydrogens is 208 g/mol. The van der Waals surface area contributed by atoms with Gasteiger partial charge < -0.3 is 19.7 Å². The molecule has 2 amide bonds.